The van der Waals surface area contributed by atoms with Crippen molar-refractivity contribution in [2.45, 2.75) is 6.04 Å². The van der Waals surface area contributed by atoms with Crippen LogP contribution in [0.3, 0.4) is 0 Å². The van der Waals surface area contributed by atoms with E-state index in [1.165, 1.54) is 10.4 Å². The Kier molecular flexibility index (Phi) is 6.12. The molecule has 3 N–H and O–H groups in total. The molecule has 150 valence electrons. The molecule has 6 heteroatoms. The third-order valence-electron chi connectivity index (χ3n) is 5.38. The van der Waals surface area contributed by atoms with Crippen molar-refractivity contribution >= 4 is 22.9 Å². The van der Waals surface area contributed by atoms with Crippen molar-refractivity contribution in [1.29, 1.82) is 0 Å². The van der Waals surface area contributed by atoms with Crippen LogP contribution in [0.2, 0.25) is 0 Å². The fourth-order valence-electron chi connectivity index (χ4n) is 3.77. The third kappa shape index (κ3) is 4.78. The lowest BCUT2D eigenvalue weighted by Gasteiger charge is -2.36. The quantitative estimate of drug-likeness (QED) is 0.659. The molecule has 1 aliphatic heterocycles. The van der Waals surface area contributed by atoms with Crippen LogP contribution in [0.1, 0.15) is 16.5 Å². The molecule has 0 radical (unpaired) electrons. The first kappa shape index (κ1) is 19.5. The number of hydrogen-bond acceptors (Lipinski definition) is 4. The number of rotatable bonds is 6. The van der Waals surface area contributed by atoms with E-state index < -0.39 is 0 Å². The lowest BCUT2D eigenvalue weighted by atomic mass is 10.1. The largest absolute Gasteiger partial charge is 0.508 e. The Morgan fingerprint density at radius 1 is 0.966 bits per heavy atom. The standard InChI is InChI=1S/C23H25N3O2S/c27-20-10-8-19(9-11-20)25-12-14-26(15-13-25)22(28)17-24-23(21-7-4-16-29-21)18-5-2-1-3-6-18/h1-11,16,23-24,27H,12-15,17H2/p+1/t23-/m1/s1. The van der Waals surface area contributed by atoms with Gasteiger partial charge in [0, 0.05) is 37.4 Å². The topological polar surface area (TPSA) is 60.4 Å². The van der Waals surface area contributed by atoms with Gasteiger partial charge in [-0.15, -0.1) is 11.3 Å². The van der Waals surface area contributed by atoms with Crippen molar-refractivity contribution in [2.24, 2.45) is 0 Å². The van der Waals surface area contributed by atoms with Gasteiger partial charge < -0.3 is 20.2 Å². The summed E-state index contributed by atoms with van der Waals surface area (Å²) in [7, 11) is 0. The van der Waals surface area contributed by atoms with Gasteiger partial charge in [0.25, 0.3) is 5.91 Å². The summed E-state index contributed by atoms with van der Waals surface area (Å²) < 4.78 is 0. The predicted molar refractivity (Wildman–Crippen MR) is 116 cm³/mol. The van der Waals surface area contributed by atoms with E-state index in [4.69, 9.17) is 0 Å². The van der Waals surface area contributed by atoms with E-state index in [1.807, 2.05) is 35.2 Å². The van der Waals surface area contributed by atoms with Crippen LogP contribution < -0.4 is 10.2 Å². The van der Waals surface area contributed by atoms with Crippen LogP contribution >= 0.6 is 11.3 Å². The van der Waals surface area contributed by atoms with E-state index >= 15 is 0 Å². The van der Waals surface area contributed by atoms with E-state index in [9.17, 15) is 9.90 Å². The molecule has 1 atom stereocenters. The molecule has 1 amide bonds. The van der Waals surface area contributed by atoms with Crippen LogP contribution in [-0.2, 0) is 4.79 Å². The smallest absolute Gasteiger partial charge is 0.277 e. The Bertz CT molecular complexity index is 905. The molecule has 1 saturated heterocycles. The predicted octanol–water partition coefficient (Wildman–Crippen LogP) is 2.46. The van der Waals surface area contributed by atoms with Crippen LogP contribution in [0.25, 0.3) is 0 Å². The van der Waals surface area contributed by atoms with E-state index in [0.717, 1.165) is 31.9 Å². The lowest BCUT2D eigenvalue weighted by molar-refractivity contribution is -0.676. The van der Waals surface area contributed by atoms with Crippen LogP contribution in [0.5, 0.6) is 5.75 Å². The van der Waals surface area contributed by atoms with Crippen LogP contribution in [0.15, 0.2) is 72.1 Å². The number of phenols is 1. The van der Waals surface area contributed by atoms with E-state index in [0.29, 0.717) is 6.54 Å². The normalized spacial score (nSPS) is 15.3. The Morgan fingerprint density at radius 3 is 2.34 bits per heavy atom. The molecule has 2 aromatic carbocycles. The summed E-state index contributed by atoms with van der Waals surface area (Å²) in [5, 5.41) is 13.7. The third-order valence-corrected chi connectivity index (χ3v) is 6.34. The highest BCUT2D eigenvalue weighted by molar-refractivity contribution is 7.10. The lowest BCUT2D eigenvalue weighted by Crippen LogP contribution is -2.87. The van der Waals surface area contributed by atoms with Gasteiger partial charge in [-0.05, 0) is 35.7 Å². The Labute approximate surface area is 175 Å². The van der Waals surface area contributed by atoms with Gasteiger partial charge in [0.1, 0.15) is 11.8 Å². The molecule has 0 saturated carbocycles. The molecular weight excluding hydrogens is 382 g/mol. The minimum atomic E-state index is 0.151. The SMILES string of the molecule is O=C(C[NH2+][C@H](c1ccccc1)c1cccs1)N1CCN(c2ccc(O)cc2)CC1. The molecular formula is C23H26N3O2S+. The summed E-state index contributed by atoms with van der Waals surface area (Å²) >= 11 is 1.73. The first-order chi connectivity index (χ1) is 14.2. The first-order valence-electron chi connectivity index (χ1n) is 9.94. The Hall–Kier alpha value is -2.83. The number of carbonyl (C=O) groups excluding carboxylic acids is 1. The number of nitrogens with zero attached hydrogens (tertiary/aromatic N) is 2. The minimum absolute atomic E-state index is 0.151. The number of aromatic hydroxyl groups is 1. The van der Waals surface area contributed by atoms with Gasteiger partial charge in [-0.2, -0.15) is 0 Å². The molecule has 5 nitrogen and oxygen atoms in total. The molecule has 1 fully saturated rings. The number of quaternary nitrogens is 1. The number of phenolic OH excluding ortho intramolecular Hbond substituents is 1. The van der Waals surface area contributed by atoms with Gasteiger partial charge in [0.05, 0.1) is 4.88 Å². The molecule has 0 bridgehead atoms. The number of thiophene rings is 1. The second-order valence-electron chi connectivity index (χ2n) is 7.23. The highest BCUT2D eigenvalue weighted by Crippen LogP contribution is 2.23. The maximum absolute atomic E-state index is 12.8. The van der Waals surface area contributed by atoms with Gasteiger partial charge >= 0.3 is 0 Å². The monoisotopic (exact) mass is 408 g/mol. The zero-order valence-corrected chi connectivity index (χ0v) is 17.1. The number of amides is 1. The second-order valence-corrected chi connectivity index (χ2v) is 8.21. The zero-order chi connectivity index (χ0) is 20.1. The van der Waals surface area contributed by atoms with Crippen LogP contribution in [0.4, 0.5) is 5.69 Å². The first-order valence-corrected chi connectivity index (χ1v) is 10.8. The molecule has 0 unspecified atom stereocenters. The number of anilines is 1. The van der Waals surface area contributed by atoms with Crippen molar-refractivity contribution in [3.05, 3.63) is 82.6 Å². The number of nitrogens with two attached hydrogens (primary N) is 1. The molecule has 29 heavy (non-hydrogen) atoms. The van der Waals surface area contributed by atoms with E-state index in [-0.39, 0.29) is 17.7 Å². The highest BCUT2D eigenvalue weighted by Gasteiger charge is 2.25. The Morgan fingerprint density at radius 2 is 1.69 bits per heavy atom. The summed E-state index contributed by atoms with van der Waals surface area (Å²) in [5.74, 6) is 0.463. The van der Waals surface area contributed by atoms with Crippen LogP contribution in [-0.4, -0.2) is 48.6 Å². The van der Waals surface area contributed by atoms with Crippen LogP contribution in [0, 0.1) is 0 Å². The minimum Gasteiger partial charge on any atom is -0.508 e. The summed E-state index contributed by atoms with van der Waals surface area (Å²) in [6, 6.07) is 22.0. The average molecular weight is 409 g/mol. The molecule has 0 aliphatic carbocycles. The van der Waals surface area contributed by atoms with Gasteiger partial charge in [0.2, 0.25) is 0 Å². The molecule has 1 aromatic heterocycles. The van der Waals surface area contributed by atoms with E-state index in [2.05, 4.69) is 39.9 Å². The van der Waals surface area contributed by atoms with Crippen molar-refractivity contribution in [2.75, 3.05) is 37.6 Å². The number of carbonyl (C=O) groups is 1. The maximum Gasteiger partial charge on any atom is 0.277 e. The zero-order valence-electron chi connectivity index (χ0n) is 16.3. The summed E-state index contributed by atoms with van der Waals surface area (Å²) in [4.78, 5) is 18.3. The summed E-state index contributed by atoms with van der Waals surface area (Å²) in [6.07, 6.45) is 0. The summed E-state index contributed by atoms with van der Waals surface area (Å²) in [5.41, 5.74) is 2.31. The second kappa shape index (κ2) is 9.11. The van der Waals surface area contributed by atoms with Gasteiger partial charge in [-0.1, -0.05) is 36.4 Å². The Balaban J connectivity index is 1.34. The molecule has 0 spiro atoms. The van der Waals surface area contributed by atoms with Crippen molar-refractivity contribution in [1.82, 2.24) is 4.90 Å². The van der Waals surface area contributed by atoms with Gasteiger partial charge in [-0.3, -0.25) is 4.79 Å². The van der Waals surface area contributed by atoms with Gasteiger partial charge in [0.15, 0.2) is 6.54 Å². The van der Waals surface area contributed by atoms with Crippen molar-refractivity contribution in [3.8, 4) is 5.75 Å². The average Bonchev–Trinajstić information content (AvgIpc) is 3.30. The highest BCUT2D eigenvalue weighted by atomic mass is 32.1. The van der Waals surface area contributed by atoms with Crippen molar-refractivity contribution < 1.29 is 15.2 Å². The maximum atomic E-state index is 12.8. The van der Waals surface area contributed by atoms with E-state index in [1.54, 1.807) is 23.5 Å². The number of piperazine rings is 1. The van der Waals surface area contributed by atoms with Crippen molar-refractivity contribution in [3.63, 3.8) is 0 Å². The van der Waals surface area contributed by atoms with Gasteiger partial charge in [-0.25, -0.2) is 0 Å². The number of benzene rings is 2. The molecule has 3 aromatic rings. The fourth-order valence-corrected chi connectivity index (χ4v) is 4.62. The molecule has 4 rings (SSSR count). The number of hydrogen-bond donors (Lipinski definition) is 2. The fraction of sp³-hybridized carbons (Fsp3) is 0.261. The molecule has 2 heterocycles. The molecule has 1 aliphatic rings. The summed E-state index contributed by atoms with van der Waals surface area (Å²) in [6.45, 7) is 3.51.